The maximum Gasteiger partial charge on any atom is 0.306 e. The molecule has 0 aromatic heterocycles. The number of esters is 1. The van der Waals surface area contributed by atoms with Gasteiger partial charge in [-0.15, -0.1) is 0 Å². The number of carboxylic acid groups (broad SMARTS) is 1. The SMILES string of the molecule is CCCCCCCCC(CCCCCCCC)OC(=O)CCCCCCCN(CCCCCCCCC(CC)CCCCCCC)CCCNc1c(NC)c(=O)c1=O.O=CO. The minimum Gasteiger partial charge on any atom is -0.483 e. The Labute approximate surface area is 375 Å². The predicted molar refractivity (Wildman–Crippen MR) is 262 cm³/mol. The van der Waals surface area contributed by atoms with Gasteiger partial charge in [0, 0.05) is 20.0 Å². The normalized spacial score (nSPS) is 11.9. The van der Waals surface area contributed by atoms with E-state index in [4.69, 9.17) is 14.6 Å². The van der Waals surface area contributed by atoms with E-state index in [1.165, 1.54) is 180 Å². The highest BCUT2D eigenvalue weighted by Crippen LogP contribution is 2.22. The Kier molecular flexibility index (Phi) is 42.4. The number of carbonyl (C=O) groups excluding carboxylic acids is 1. The van der Waals surface area contributed by atoms with Crippen molar-refractivity contribution in [2.75, 3.05) is 43.9 Å². The molecule has 1 rings (SSSR count). The molecule has 0 spiro atoms. The number of hydrogen-bond acceptors (Lipinski definition) is 8. The van der Waals surface area contributed by atoms with Gasteiger partial charge in [0.05, 0.1) is 0 Å². The third kappa shape index (κ3) is 33.8. The molecule has 61 heavy (non-hydrogen) atoms. The summed E-state index contributed by atoms with van der Waals surface area (Å²) in [6.07, 6.45) is 43.8. The van der Waals surface area contributed by atoms with E-state index in [2.05, 4.69) is 43.2 Å². The molecule has 0 amide bonds. The van der Waals surface area contributed by atoms with Crippen molar-refractivity contribution in [1.82, 2.24) is 4.90 Å². The monoisotopic (exact) mass is 862 g/mol. The fourth-order valence-corrected chi connectivity index (χ4v) is 8.66. The summed E-state index contributed by atoms with van der Waals surface area (Å²) in [5.41, 5.74) is 0.0566. The van der Waals surface area contributed by atoms with Gasteiger partial charge in [-0.05, 0) is 76.9 Å². The summed E-state index contributed by atoms with van der Waals surface area (Å²) in [4.78, 5) is 47.6. The number of anilines is 2. The van der Waals surface area contributed by atoms with Gasteiger partial charge in [-0.1, -0.05) is 195 Å². The zero-order valence-electron chi connectivity index (χ0n) is 40.7. The Morgan fingerprint density at radius 1 is 0.557 bits per heavy atom. The van der Waals surface area contributed by atoms with Crippen molar-refractivity contribution in [2.24, 2.45) is 5.92 Å². The Balaban J connectivity index is 0.0000116. The van der Waals surface area contributed by atoms with E-state index in [1.54, 1.807) is 7.05 Å². The molecule has 0 fully saturated rings. The van der Waals surface area contributed by atoms with Crippen LogP contribution in [0.1, 0.15) is 252 Å². The van der Waals surface area contributed by atoms with Gasteiger partial charge in [0.1, 0.15) is 17.5 Å². The van der Waals surface area contributed by atoms with Gasteiger partial charge in [0.15, 0.2) is 0 Å². The van der Waals surface area contributed by atoms with Crippen molar-refractivity contribution in [1.29, 1.82) is 0 Å². The van der Waals surface area contributed by atoms with Crippen LogP contribution in [0.4, 0.5) is 11.4 Å². The highest BCUT2D eigenvalue weighted by molar-refractivity contribution is 5.73. The van der Waals surface area contributed by atoms with Crippen molar-refractivity contribution in [2.45, 2.75) is 259 Å². The van der Waals surface area contributed by atoms with Gasteiger partial charge in [0.2, 0.25) is 0 Å². The van der Waals surface area contributed by atoms with Crippen molar-refractivity contribution in [3.63, 3.8) is 0 Å². The van der Waals surface area contributed by atoms with E-state index in [9.17, 15) is 14.4 Å². The topological polar surface area (TPSA) is 125 Å². The van der Waals surface area contributed by atoms with Crippen LogP contribution >= 0.6 is 0 Å². The molecular weight excluding hydrogens is 763 g/mol. The minimum absolute atomic E-state index is 0.0191. The second-order valence-corrected chi connectivity index (χ2v) is 18.0. The quantitative estimate of drug-likeness (QED) is 0.0254. The first-order chi connectivity index (χ1) is 29.8. The largest absolute Gasteiger partial charge is 0.483 e. The lowest BCUT2D eigenvalue weighted by molar-refractivity contribution is -0.150. The van der Waals surface area contributed by atoms with E-state index in [0.717, 1.165) is 64.1 Å². The summed E-state index contributed by atoms with van der Waals surface area (Å²) in [6, 6.07) is 0. The highest BCUT2D eigenvalue weighted by atomic mass is 16.5. The molecular formula is C52H99N3O6. The predicted octanol–water partition coefficient (Wildman–Crippen LogP) is 14.0. The van der Waals surface area contributed by atoms with Crippen molar-refractivity contribution < 1.29 is 19.4 Å². The molecule has 9 heteroatoms. The van der Waals surface area contributed by atoms with E-state index in [-0.39, 0.29) is 18.5 Å². The zero-order valence-corrected chi connectivity index (χ0v) is 40.7. The fourth-order valence-electron chi connectivity index (χ4n) is 8.66. The second-order valence-electron chi connectivity index (χ2n) is 18.0. The number of carbonyl (C=O) groups is 2. The summed E-state index contributed by atoms with van der Waals surface area (Å²) < 4.78 is 6.08. The molecule has 0 aliphatic carbocycles. The summed E-state index contributed by atoms with van der Waals surface area (Å²) in [7, 11) is 1.69. The Morgan fingerprint density at radius 3 is 1.38 bits per heavy atom. The number of hydrogen-bond donors (Lipinski definition) is 3. The summed E-state index contributed by atoms with van der Waals surface area (Å²) >= 11 is 0. The van der Waals surface area contributed by atoms with Crippen LogP contribution in [0, 0.1) is 5.92 Å². The standard InChI is InChI=1S/C51H97N3O4.CH2O2/c1-6-10-13-16-23-30-38-46(39-31-24-17-14-11-7-2)58-47(55)40-32-25-20-27-34-43-54(44-35-41-53-49-48(52-5)50(56)51(49)57)42-33-26-19-18-22-29-37-45(9-4)36-28-21-15-12-8-3;2-1-3/h45-46,52-53H,6-44H2,1-5H3;1H,(H,2,3). The number of unbranched alkanes of at least 4 members (excludes halogenated alkanes) is 23. The lowest BCUT2D eigenvalue weighted by Gasteiger charge is -2.23. The molecule has 0 aliphatic heterocycles. The molecule has 0 heterocycles. The molecule has 0 bridgehead atoms. The molecule has 0 radical (unpaired) electrons. The van der Waals surface area contributed by atoms with Crippen LogP contribution in [0.5, 0.6) is 0 Å². The van der Waals surface area contributed by atoms with Gasteiger partial charge in [0.25, 0.3) is 17.3 Å². The molecule has 0 saturated carbocycles. The first kappa shape index (κ1) is 58.6. The second kappa shape index (κ2) is 44.2. The van der Waals surface area contributed by atoms with Crippen LogP contribution in [0.15, 0.2) is 9.59 Å². The van der Waals surface area contributed by atoms with Gasteiger partial charge < -0.3 is 25.4 Å². The Morgan fingerprint density at radius 2 is 0.934 bits per heavy atom. The van der Waals surface area contributed by atoms with Crippen molar-refractivity contribution in [3.05, 3.63) is 20.4 Å². The summed E-state index contributed by atoms with van der Waals surface area (Å²) in [5.74, 6) is 0.952. The van der Waals surface area contributed by atoms with Gasteiger partial charge in [-0.25, -0.2) is 0 Å². The average molecular weight is 862 g/mol. The fraction of sp³-hybridized carbons (Fsp3) is 0.885. The summed E-state index contributed by atoms with van der Waals surface area (Å²) in [6.45, 7) is 12.9. The molecule has 1 aromatic carbocycles. The van der Waals surface area contributed by atoms with E-state index >= 15 is 0 Å². The smallest absolute Gasteiger partial charge is 0.306 e. The van der Waals surface area contributed by atoms with Crippen LogP contribution in [0.2, 0.25) is 0 Å². The summed E-state index contributed by atoms with van der Waals surface area (Å²) in [5, 5.41) is 13.0. The molecule has 3 N–H and O–H groups in total. The minimum atomic E-state index is -0.414. The van der Waals surface area contributed by atoms with E-state index in [1.807, 2.05) is 0 Å². The lowest BCUT2D eigenvalue weighted by Crippen LogP contribution is -2.37. The Hall–Kier alpha value is -2.42. The molecule has 1 aromatic rings. The first-order valence-corrected chi connectivity index (χ1v) is 26.1. The average Bonchev–Trinajstić information content (AvgIpc) is 3.26. The van der Waals surface area contributed by atoms with Crippen molar-refractivity contribution in [3.8, 4) is 0 Å². The van der Waals surface area contributed by atoms with Crippen LogP contribution < -0.4 is 21.5 Å². The Bertz CT molecular complexity index is 1170. The molecule has 1 unspecified atom stereocenters. The van der Waals surface area contributed by atoms with Crippen LogP contribution in [0.3, 0.4) is 0 Å². The lowest BCUT2D eigenvalue weighted by atomic mass is 9.92. The number of ether oxygens (including phenoxy) is 1. The van der Waals surface area contributed by atoms with E-state index in [0.29, 0.717) is 24.3 Å². The number of rotatable bonds is 45. The van der Waals surface area contributed by atoms with Crippen LogP contribution in [0.25, 0.3) is 0 Å². The molecule has 0 aliphatic rings. The first-order valence-electron chi connectivity index (χ1n) is 26.1. The number of nitrogens with zero attached hydrogens (tertiary/aromatic N) is 1. The third-order valence-electron chi connectivity index (χ3n) is 12.7. The zero-order chi connectivity index (χ0) is 45.0. The van der Waals surface area contributed by atoms with Gasteiger partial charge in [-0.2, -0.15) is 0 Å². The van der Waals surface area contributed by atoms with E-state index < -0.39 is 10.9 Å². The van der Waals surface area contributed by atoms with Crippen LogP contribution in [-0.4, -0.2) is 61.8 Å². The molecule has 9 nitrogen and oxygen atoms in total. The van der Waals surface area contributed by atoms with Gasteiger partial charge in [-0.3, -0.25) is 19.2 Å². The highest BCUT2D eigenvalue weighted by Gasteiger charge is 2.19. The number of nitrogens with one attached hydrogen (secondary N) is 2. The van der Waals surface area contributed by atoms with Crippen molar-refractivity contribution >= 4 is 23.8 Å². The molecule has 0 saturated heterocycles. The maximum atomic E-state index is 12.9. The molecule has 358 valence electrons. The molecule has 1 atom stereocenters. The maximum absolute atomic E-state index is 12.9. The van der Waals surface area contributed by atoms with Crippen LogP contribution in [-0.2, 0) is 14.3 Å². The van der Waals surface area contributed by atoms with Gasteiger partial charge >= 0.3 is 5.97 Å². The third-order valence-corrected chi connectivity index (χ3v) is 12.7.